The molecule has 3 rings (SSSR count). The molecule has 0 radical (unpaired) electrons. The van der Waals surface area contributed by atoms with E-state index in [0.717, 1.165) is 21.5 Å². The Bertz CT molecular complexity index is 972. The number of pyridine rings is 1. The number of fused-ring (bicyclic) bond motifs is 1. The molecule has 0 aliphatic rings. The van der Waals surface area contributed by atoms with Gasteiger partial charge in [0.1, 0.15) is 17.4 Å². The maximum absolute atomic E-state index is 12.1. The van der Waals surface area contributed by atoms with Gasteiger partial charge >= 0.3 is 0 Å². The zero-order chi connectivity index (χ0) is 17.8. The minimum atomic E-state index is -0.182. The van der Waals surface area contributed by atoms with Crippen molar-refractivity contribution in [3.63, 3.8) is 0 Å². The maximum Gasteiger partial charge on any atom is 0.227 e. The quantitative estimate of drug-likeness (QED) is 0.688. The summed E-state index contributed by atoms with van der Waals surface area (Å²) in [5.74, 6) is 1.29. The summed E-state index contributed by atoms with van der Waals surface area (Å²) in [6, 6.07) is 14.0. The number of furan rings is 1. The average molecular weight is 351 g/mol. The third-order valence-corrected chi connectivity index (χ3v) is 4.83. The number of benzene rings is 1. The molecule has 0 saturated carbocycles. The van der Waals surface area contributed by atoms with E-state index < -0.39 is 0 Å². The molecule has 0 bridgehead atoms. The number of carbonyl (C=O) groups excluding carboxylic acids is 1. The van der Waals surface area contributed by atoms with Gasteiger partial charge in [0.05, 0.1) is 10.5 Å². The number of hydrogen-bond acceptors (Lipinski definition) is 5. The van der Waals surface area contributed by atoms with Crippen LogP contribution in [-0.4, -0.2) is 16.6 Å². The summed E-state index contributed by atoms with van der Waals surface area (Å²) in [5, 5.41) is 13.8. The Hall–Kier alpha value is -2.78. The Kier molecular flexibility index (Phi) is 5.05. The normalized spacial score (nSPS) is 10.6. The summed E-state index contributed by atoms with van der Waals surface area (Å²) in [4.78, 5) is 16.7. The van der Waals surface area contributed by atoms with Gasteiger partial charge in [-0.2, -0.15) is 5.26 Å². The molecule has 0 saturated heterocycles. The van der Waals surface area contributed by atoms with Crippen LogP contribution in [0.4, 0.5) is 5.88 Å². The van der Waals surface area contributed by atoms with Crippen LogP contribution in [0, 0.1) is 25.2 Å². The lowest BCUT2D eigenvalue weighted by molar-refractivity contribution is -0.115. The highest BCUT2D eigenvalue weighted by atomic mass is 32.2. The smallest absolute Gasteiger partial charge is 0.227 e. The zero-order valence-electron chi connectivity index (χ0n) is 14.0. The van der Waals surface area contributed by atoms with Gasteiger partial charge < -0.3 is 4.42 Å². The predicted molar refractivity (Wildman–Crippen MR) is 98.6 cm³/mol. The van der Waals surface area contributed by atoms with Gasteiger partial charge in [-0.1, -0.05) is 24.3 Å². The predicted octanol–water partition coefficient (Wildman–Crippen LogP) is 4.44. The van der Waals surface area contributed by atoms with Crippen molar-refractivity contribution in [1.82, 2.24) is 4.98 Å². The number of thioether (sulfide) groups is 1. The van der Waals surface area contributed by atoms with E-state index in [1.807, 2.05) is 36.4 Å². The van der Waals surface area contributed by atoms with Crippen LogP contribution in [0.3, 0.4) is 0 Å². The molecule has 126 valence electrons. The minimum Gasteiger partial charge on any atom is -0.444 e. The van der Waals surface area contributed by atoms with Gasteiger partial charge in [-0.3, -0.25) is 10.1 Å². The van der Waals surface area contributed by atoms with Gasteiger partial charge in [0.15, 0.2) is 0 Å². The van der Waals surface area contributed by atoms with Crippen molar-refractivity contribution in [3.8, 4) is 6.07 Å². The second-order valence-electron chi connectivity index (χ2n) is 5.59. The van der Waals surface area contributed by atoms with Crippen LogP contribution in [-0.2, 0) is 4.79 Å². The Morgan fingerprint density at radius 3 is 2.88 bits per heavy atom. The van der Waals surface area contributed by atoms with E-state index in [4.69, 9.17) is 9.68 Å². The largest absolute Gasteiger partial charge is 0.444 e. The highest BCUT2D eigenvalue weighted by molar-refractivity contribution is 7.99. The van der Waals surface area contributed by atoms with Crippen LogP contribution < -0.4 is 5.32 Å². The first-order valence-electron chi connectivity index (χ1n) is 7.87. The van der Waals surface area contributed by atoms with Crippen molar-refractivity contribution in [1.29, 1.82) is 5.26 Å². The Balaban J connectivity index is 1.57. The molecule has 2 aromatic heterocycles. The molecule has 0 fully saturated rings. The van der Waals surface area contributed by atoms with Crippen molar-refractivity contribution in [2.75, 3.05) is 11.1 Å². The zero-order valence-corrected chi connectivity index (χ0v) is 14.8. The fourth-order valence-electron chi connectivity index (χ4n) is 2.41. The van der Waals surface area contributed by atoms with E-state index in [0.29, 0.717) is 23.5 Å². The van der Waals surface area contributed by atoms with Crippen LogP contribution in [0.25, 0.3) is 10.9 Å². The van der Waals surface area contributed by atoms with Crippen LogP contribution in [0.15, 0.2) is 45.8 Å². The number of nitrogens with one attached hydrogen (secondary N) is 1. The van der Waals surface area contributed by atoms with Crippen molar-refractivity contribution < 1.29 is 9.21 Å². The standard InChI is InChI=1S/C19H17N3O2S/c1-12-13(2)24-19(15(12)11-20)22-17(23)9-10-25-18-8-7-14-5-3-4-6-16(14)21-18/h3-8H,9-10H2,1-2H3,(H,22,23). The molecule has 1 N–H and O–H groups in total. The van der Waals surface area contributed by atoms with Crippen molar-refractivity contribution in [3.05, 3.63) is 53.3 Å². The summed E-state index contributed by atoms with van der Waals surface area (Å²) in [6.07, 6.45) is 0.308. The number of carbonyl (C=O) groups is 1. The van der Waals surface area contributed by atoms with Crippen molar-refractivity contribution >= 4 is 34.5 Å². The Morgan fingerprint density at radius 1 is 1.28 bits per heavy atom. The molecule has 1 amide bonds. The second-order valence-corrected chi connectivity index (χ2v) is 6.70. The molecule has 0 aliphatic heterocycles. The molecule has 25 heavy (non-hydrogen) atoms. The summed E-state index contributed by atoms with van der Waals surface area (Å²) in [7, 11) is 0. The highest BCUT2D eigenvalue weighted by Gasteiger charge is 2.16. The number of aryl methyl sites for hydroxylation is 1. The molecule has 0 atom stereocenters. The first kappa shape index (κ1) is 17.1. The number of anilines is 1. The van der Waals surface area contributed by atoms with Crippen LogP contribution in [0.2, 0.25) is 0 Å². The lowest BCUT2D eigenvalue weighted by Gasteiger charge is -2.04. The fraction of sp³-hybridized carbons (Fsp3) is 0.211. The van der Waals surface area contributed by atoms with E-state index in [1.165, 1.54) is 11.8 Å². The number of para-hydroxylation sites is 1. The number of amides is 1. The van der Waals surface area contributed by atoms with Crippen LogP contribution in [0.5, 0.6) is 0 Å². The number of aromatic nitrogens is 1. The fourth-order valence-corrected chi connectivity index (χ4v) is 3.24. The minimum absolute atomic E-state index is 0.182. The van der Waals surface area contributed by atoms with E-state index in [9.17, 15) is 4.79 Å². The van der Waals surface area contributed by atoms with Gasteiger partial charge in [0.2, 0.25) is 11.8 Å². The molecule has 0 aliphatic carbocycles. The summed E-state index contributed by atoms with van der Waals surface area (Å²) in [5.41, 5.74) is 2.08. The Morgan fingerprint density at radius 2 is 2.08 bits per heavy atom. The molecule has 0 spiro atoms. The van der Waals surface area contributed by atoms with E-state index in [-0.39, 0.29) is 11.8 Å². The molecular formula is C19H17N3O2S. The molecule has 6 heteroatoms. The van der Waals surface area contributed by atoms with Gasteiger partial charge in [-0.15, -0.1) is 11.8 Å². The lowest BCUT2D eigenvalue weighted by atomic mass is 10.2. The van der Waals surface area contributed by atoms with E-state index >= 15 is 0 Å². The molecule has 0 unspecified atom stereocenters. The monoisotopic (exact) mass is 351 g/mol. The van der Waals surface area contributed by atoms with Crippen molar-refractivity contribution in [2.24, 2.45) is 0 Å². The first-order chi connectivity index (χ1) is 12.1. The number of hydrogen-bond donors (Lipinski definition) is 1. The SMILES string of the molecule is Cc1oc(NC(=O)CCSc2ccc3ccccc3n2)c(C#N)c1C. The summed E-state index contributed by atoms with van der Waals surface area (Å²) >= 11 is 1.52. The van der Waals surface area contributed by atoms with Crippen LogP contribution >= 0.6 is 11.8 Å². The molecule has 1 aromatic carbocycles. The first-order valence-corrected chi connectivity index (χ1v) is 8.85. The number of nitriles is 1. The lowest BCUT2D eigenvalue weighted by Crippen LogP contribution is -2.12. The number of rotatable bonds is 5. The van der Waals surface area contributed by atoms with Crippen LogP contribution in [0.1, 0.15) is 23.3 Å². The van der Waals surface area contributed by atoms with Crippen molar-refractivity contribution in [2.45, 2.75) is 25.3 Å². The molecule has 2 heterocycles. The summed E-state index contributed by atoms with van der Waals surface area (Å²) < 4.78 is 5.45. The van der Waals surface area contributed by atoms with Gasteiger partial charge in [-0.25, -0.2) is 4.98 Å². The topological polar surface area (TPSA) is 78.9 Å². The average Bonchev–Trinajstić information content (AvgIpc) is 2.88. The van der Waals surface area contributed by atoms with E-state index in [1.54, 1.807) is 13.8 Å². The van der Waals surface area contributed by atoms with Gasteiger partial charge in [0.25, 0.3) is 0 Å². The van der Waals surface area contributed by atoms with E-state index in [2.05, 4.69) is 16.4 Å². The third-order valence-electron chi connectivity index (χ3n) is 3.90. The maximum atomic E-state index is 12.1. The molecular weight excluding hydrogens is 334 g/mol. The number of nitrogens with zero attached hydrogens (tertiary/aromatic N) is 2. The van der Waals surface area contributed by atoms with Gasteiger partial charge in [0, 0.05) is 23.1 Å². The molecule has 5 nitrogen and oxygen atoms in total. The second kappa shape index (κ2) is 7.41. The van der Waals surface area contributed by atoms with Gasteiger partial charge in [-0.05, 0) is 26.0 Å². The Labute approximate surface area is 150 Å². The highest BCUT2D eigenvalue weighted by Crippen LogP contribution is 2.26. The summed E-state index contributed by atoms with van der Waals surface area (Å²) in [6.45, 7) is 3.57. The third kappa shape index (κ3) is 3.83. The molecule has 3 aromatic rings.